The number of morpholine rings is 1. The second-order valence-corrected chi connectivity index (χ2v) is 6.33. The van der Waals surface area contributed by atoms with Crippen LogP contribution in [0.25, 0.3) is 0 Å². The third kappa shape index (κ3) is 3.66. The highest BCUT2D eigenvalue weighted by molar-refractivity contribution is 6.42. The second-order valence-electron chi connectivity index (χ2n) is 5.51. The summed E-state index contributed by atoms with van der Waals surface area (Å²) in [5.74, 6) is 0.702. The third-order valence-corrected chi connectivity index (χ3v) is 4.75. The number of amides is 1. The Morgan fingerprint density at radius 2 is 1.92 bits per heavy atom. The minimum Gasteiger partial charge on any atom is -0.497 e. The number of ether oxygens (including phenoxy) is 2. The van der Waals surface area contributed by atoms with Crippen molar-refractivity contribution in [1.82, 2.24) is 4.90 Å². The van der Waals surface area contributed by atoms with Gasteiger partial charge in [0, 0.05) is 12.1 Å². The maximum absolute atomic E-state index is 12.7. The monoisotopic (exact) mass is 365 g/mol. The fourth-order valence-corrected chi connectivity index (χ4v) is 2.97. The molecule has 1 saturated heterocycles. The number of hydrogen-bond donors (Lipinski definition) is 0. The van der Waals surface area contributed by atoms with Gasteiger partial charge in [-0.2, -0.15) is 0 Å². The molecule has 0 radical (unpaired) electrons. The fraction of sp³-hybridized carbons (Fsp3) is 0.278. The average Bonchev–Trinajstić information content (AvgIpc) is 2.63. The summed E-state index contributed by atoms with van der Waals surface area (Å²) in [5, 5.41) is 0.985. The van der Waals surface area contributed by atoms with Crippen LogP contribution in [0.1, 0.15) is 22.0 Å². The number of benzene rings is 2. The Kier molecular flexibility index (Phi) is 5.29. The zero-order chi connectivity index (χ0) is 17.1. The lowest BCUT2D eigenvalue weighted by molar-refractivity contribution is -0.0228. The molecule has 0 aromatic heterocycles. The first-order valence-corrected chi connectivity index (χ1v) is 8.34. The zero-order valence-electron chi connectivity index (χ0n) is 13.2. The van der Waals surface area contributed by atoms with Gasteiger partial charge in [0.2, 0.25) is 0 Å². The number of methoxy groups -OCH3 is 1. The molecule has 0 spiro atoms. The molecular formula is C18H17Cl2NO3. The summed E-state index contributed by atoms with van der Waals surface area (Å²) in [6.45, 7) is 1.51. The largest absolute Gasteiger partial charge is 0.497 e. The lowest BCUT2D eigenvalue weighted by atomic mass is 10.1. The van der Waals surface area contributed by atoms with E-state index in [0.29, 0.717) is 35.3 Å². The molecule has 1 heterocycles. The summed E-state index contributed by atoms with van der Waals surface area (Å²) < 4.78 is 10.9. The van der Waals surface area contributed by atoms with Gasteiger partial charge in [-0.1, -0.05) is 29.3 Å². The first-order valence-electron chi connectivity index (χ1n) is 7.58. The molecule has 24 heavy (non-hydrogen) atoms. The van der Waals surface area contributed by atoms with E-state index in [4.69, 9.17) is 32.7 Å². The molecule has 2 aromatic carbocycles. The van der Waals surface area contributed by atoms with Gasteiger partial charge in [0.15, 0.2) is 0 Å². The van der Waals surface area contributed by atoms with Crippen LogP contribution >= 0.6 is 23.2 Å². The van der Waals surface area contributed by atoms with Gasteiger partial charge >= 0.3 is 0 Å². The highest BCUT2D eigenvalue weighted by atomic mass is 35.5. The highest BCUT2D eigenvalue weighted by Crippen LogP contribution is 2.29. The second kappa shape index (κ2) is 7.43. The number of halogens is 2. The van der Waals surface area contributed by atoms with Crippen molar-refractivity contribution in [3.8, 4) is 5.75 Å². The van der Waals surface area contributed by atoms with Crippen molar-refractivity contribution in [3.05, 3.63) is 63.6 Å². The number of hydrogen-bond acceptors (Lipinski definition) is 3. The van der Waals surface area contributed by atoms with E-state index >= 15 is 0 Å². The van der Waals surface area contributed by atoms with E-state index in [1.807, 2.05) is 6.07 Å². The van der Waals surface area contributed by atoms with Gasteiger partial charge in [0.1, 0.15) is 11.9 Å². The third-order valence-electron chi connectivity index (χ3n) is 4.01. The minimum atomic E-state index is -0.212. The molecule has 1 aliphatic rings. The Morgan fingerprint density at radius 1 is 1.17 bits per heavy atom. The topological polar surface area (TPSA) is 38.8 Å². The van der Waals surface area contributed by atoms with Gasteiger partial charge in [0.05, 0.1) is 30.3 Å². The average molecular weight is 366 g/mol. The van der Waals surface area contributed by atoms with Crippen LogP contribution in [0.15, 0.2) is 42.5 Å². The van der Waals surface area contributed by atoms with Crippen molar-refractivity contribution in [2.24, 2.45) is 0 Å². The van der Waals surface area contributed by atoms with Crippen LogP contribution in [0.3, 0.4) is 0 Å². The Morgan fingerprint density at radius 3 is 2.58 bits per heavy atom. The normalized spacial score (nSPS) is 17.6. The molecule has 0 aliphatic carbocycles. The summed E-state index contributed by atoms with van der Waals surface area (Å²) in [6.07, 6.45) is -0.212. The first-order chi connectivity index (χ1) is 11.6. The van der Waals surface area contributed by atoms with Crippen LogP contribution in [0.5, 0.6) is 5.75 Å². The predicted molar refractivity (Wildman–Crippen MR) is 94.1 cm³/mol. The summed E-state index contributed by atoms with van der Waals surface area (Å²) in [7, 11) is 1.60. The van der Waals surface area contributed by atoms with Gasteiger partial charge in [-0.05, 0) is 42.0 Å². The van der Waals surface area contributed by atoms with Crippen LogP contribution in [0.4, 0.5) is 0 Å². The molecule has 4 nitrogen and oxygen atoms in total. The molecule has 6 heteroatoms. The summed E-state index contributed by atoms with van der Waals surface area (Å²) in [6, 6.07) is 12.5. The van der Waals surface area contributed by atoms with Crippen molar-refractivity contribution in [3.63, 3.8) is 0 Å². The molecule has 1 fully saturated rings. The molecular weight excluding hydrogens is 349 g/mol. The lowest BCUT2D eigenvalue weighted by Gasteiger charge is -2.33. The molecule has 1 atom stereocenters. The van der Waals surface area contributed by atoms with Crippen LogP contribution in [-0.2, 0) is 4.74 Å². The maximum atomic E-state index is 12.7. The van der Waals surface area contributed by atoms with Gasteiger partial charge < -0.3 is 14.4 Å². The van der Waals surface area contributed by atoms with E-state index < -0.39 is 0 Å². The van der Waals surface area contributed by atoms with Crippen molar-refractivity contribution in [2.75, 3.05) is 26.8 Å². The van der Waals surface area contributed by atoms with E-state index in [-0.39, 0.29) is 12.0 Å². The summed E-state index contributed by atoms with van der Waals surface area (Å²) in [5.41, 5.74) is 1.54. The Balaban J connectivity index is 1.74. The molecule has 0 N–H and O–H groups in total. The fourth-order valence-electron chi connectivity index (χ4n) is 2.66. The molecule has 0 saturated carbocycles. The smallest absolute Gasteiger partial charge is 0.254 e. The summed E-state index contributed by atoms with van der Waals surface area (Å²) in [4.78, 5) is 14.5. The first kappa shape index (κ1) is 17.1. The van der Waals surface area contributed by atoms with E-state index in [9.17, 15) is 4.79 Å². The molecule has 1 amide bonds. The van der Waals surface area contributed by atoms with Gasteiger partial charge in [-0.3, -0.25) is 4.79 Å². The number of carbonyl (C=O) groups excluding carboxylic acids is 1. The van der Waals surface area contributed by atoms with E-state index in [2.05, 4.69) is 0 Å². The van der Waals surface area contributed by atoms with Crippen molar-refractivity contribution in [2.45, 2.75) is 6.10 Å². The van der Waals surface area contributed by atoms with Crippen molar-refractivity contribution in [1.29, 1.82) is 0 Å². The summed E-state index contributed by atoms with van der Waals surface area (Å²) >= 11 is 12.0. The molecule has 0 bridgehead atoms. The molecule has 3 rings (SSSR count). The van der Waals surface area contributed by atoms with E-state index in [0.717, 1.165) is 11.3 Å². The Bertz CT molecular complexity index is 734. The van der Waals surface area contributed by atoms with Crippen LogP contribution in [0, 0.1) is 0 Å². The molecule has 126 valence electrons. The number of rotatable bonds is 3. The van der Waals surface area contributed by atoms with Gasteiger partial charge in [0.25, 0.3) is 5.91 Å². The SMILES string of the molecule is COc1ccc(C(=O)N2CCOC(c3ccc(Cl)c(Cl)c3)C2)cc1. The minimum absolute atomic E-state index is 0.0222. The van der Waals surface area contributed by atoms with E-state index in [1.165, 1.54) is 0 Å². The van der Waals surface area contributed by atoms with Crippen molar-refractivity contribution >= 4 is 29.1 Å². The van der Waals surface area contributed by atoms with Crippen molar-refractivity contribution < 1.29 is 14.3 Å². The van der Waals surface area contributed by atoms with E-state index in [1.54, 1.807) is 48.4 Å². The van der Waals surface area contributed by atoms with Gasteiger partial charge in [-0.15, -0.1) is 0 Å². The Labute approximate surface area is 150 Å². The highest BCUT2D eigenvalue weighted by Gasteiger charge is 2.26. The van der Waals surface area contributed by atoms with Crippen LogP contribution < -0.4 is 4.74 Å². The quantitative estimate of drug-likeness (QED) is 0.817. The maximum Gasteiger partial charge on any atom is 0.254 e. The Hall–Kier alpha value is -1.75. The molecule has 2 aromatic rings. The van der Waals surface area contributed by atoms with Gasteiger partial charge in [-0.25, -0.2) is 0 Å². The standard InChI is InChI=1S/C18H17Cl2NO3/c1-23-14-5-2-12(3-6-14)18(22)21-8-9-24-17(11-21)13-4-7-15(19)16(20)10-13/h2-7,10,17H,8-9,11H2,1H3. The van der Waals surface area contributed by atoms with Crippen LogP contribution in [0.2, 0.25) is 10.0 Å². The predicted octanol–water partition coefficient (Wildman–Crippen LogP) is 4.22. The number of carbonyl (C=O) groups is 1. The number of nitrogens with zero attached hydrogens (tertiary/aromatic N) is 1. The molecule has 1 aliphatic heterocycles. The lowest BCUT2D eigenvalue weighted by Crippen LogP contribution is -2.42. The van der Waals surface area contributed by atoms with Crippen LogP contribution in [-0.4, -0.2) is 37.6 Å². The zero-order valence-corrected chi connectivity index (χ0v) is 14.7. The molecule has 1 unspecified atom stereocenters.